The fraction of sp³-hybridized carbons (Fsp3) is 0.520. The number of likely N-dealkylation sites (tertiary alicyclic amines) is 1. The van der Waals surface area contributed by atoms with E-state index in [9.17, 15) is 0 Å². The summed E-state index contributed by atoms with van der Waals surface area (Å²) in [5, 5.41) is 0. The molecule has 0 bridgehead atoms. The topological polar surface area (TPSA) is 58.5 Å². The van der Waals surface area contributed by atoms with Crippen LogP contribution in [-0.4, -0.2) is 48.6 Å². The van der Waals surface area contributed by atoms with Crippen LogP contribution in [0, 0.1) is 5.92 Å². The minimum Gasteiger partial charge on any atom is -0.399 e. The average Bonchev–Trinajstić information content (AvgIpc) is 3.34. The van der Waals surface area contributed by atoms with Crippen LogP contribution in [0.25, 0.3) is 0 Å². The summed E-state index contributed by atoms with van der Waals surface area (Å²) in [7, 11) is 2.32. The minimum atomic E-state index is 0.630. The van der Waals surface area contributed by atoms with E-state index in [0.29, 0.717) is 12.1 Å². The fourth-order valence-electron chi connectivity index (χ4n) is 5.90. The van der Waals surface area contributed by atoms with E-state index in [1.54, 1.807) is 0 Å². The summed E-state index contributed by atoms with van der Waals surface area (Å²) in [5.41, 5.74) is 19.7. The van der Waals surface area contributed by atoms with Gasteiger partial charge in [-0.2, -0.15) is 0 Å². The van der Waals surface area contributed by atoms with Gasteiger partial charge in [0, 0.05) is 36.5 Å². The average molecular weight is 391 g/mol. The first-order valence-electron chi connectivity index (χ1n) is 11.2. The van der Waals surface area contributed by atoms with E-state index < -0.39 is 0 Å². The summed E-state index contributed by atoms with van der Waals surface area (Å²) in [4.78, 5) is 5.37. The molecule has 1 aliphatic heterocycles. The third kappa shape index (κ3) is 3.88. The Bertz CT molecular complexity index is 892. The lowest BCUT2D eigenvalue weighted by Gasteiger charge is -2.33. The SMILES string of the molecule is CN(CC1CCN(C2CCc3ccc(N)cc3C2)C1)C1Cc2ccc(N)cc2C1. The Labute approximate surface area is 174 Å². The van der Waals surface area contributed by atoms with Gasteiger partial charge in [0.25, 0.3) is 0 Å². The molecule has 1 fully saturated rings. The lowest BCUT2D eigenvalue weighted by molar-refractivity contribution is 0.185. The molecule has 3 unspecified atom stereocenters. The standard InChI is InChI=1S/C25H34N4/c1-28(25-12-19-3-6-23(27)11-21(19)14-25)15-17-8-9-29(16-17)24-7-4-18-2-5-22(26)10-20(18)13-24/h2-3,5-6,10-11,17,24-25H,4,7-9,12-16,26-27H2,1H3. The minimum absolute atomic E-state index is 0.630. The Hall–Kier alpha value is -2.04. The number of aryl methyl sites for hydroxylation is 1. The van der Waals surface area contributed by atoms with Crippen molar-refractivity contribution in [3.8, 4) is 0 Å². The highest BCUT2D eigenvalue weighted by atomic mass is 15.2. The van der Waals surface area contributed by atoms with Crippen molar-refractivity contribution in [1.82, 2.24) is 9.80 Å². The van der Waals surface area contributed by atoms with Crippen LogP contribution in [0.15, 0.2) is 36.4 Å². The molecule has 1 saturated heterocycles. The summed E-state index contributed by atoms with van der Waals surface area (Å²) >= 11 is 0. The van der Waals surface area contributed by atoms with Crippen LogP contribution in [0.2, 0.25) is 0 Å². The van der Waals surface area contributed by atoms with E-state index in [0.717, 1.165) is 23.7 Å². The van der Waals surface area contributed by atoms with E-state index in [2.05, 4.69) is 47.2 Å². The number of hydrogen-bond donors (Lipinski definition) is 2. The van der Waals surface area contributed by atoms with Crippen LogP contribution >= 0.6 is 0 Å². The van der Waals surface area contributed by atoms with Crippen molar-refractivity contribution in [3.05, 3.63) is 58.7 Å². The van der Waals surface area contributed by atoms with Gasteiger partial charge < -0.3 is 16.4 Å². The third-order valence-electron chi connectivity index (χ3n) is 7.58. The predicted molar refractivity (Wildman–Crippen MR) is 121 cm³/mol. The Morgan fingerprint density at radius 1 is 0.897 bits per heavy atom. The van der Waals surface area contributed by atoms with E-state index in [1.807, 2.05) is 6.07 Å². The number of likely N-dealkylation sites (N-methyl/N-ethyl adjacent to an activating group) is 1. The first-order valence-corrected chi connectivity index (χ1v) is 11.2. The van der Waals surface area contributed by atoms with Crippen molar-refractivity contribution in [2.24, 2.45) is 5.92 Å². The highest BCUT2D eigenvalue weighted by Gasteiger charge is 2.33. The molecule has 2 aromatic rings. The number of nitrogens with two attached hydrogens (primary N) is 2. The largest absolute Gasteiger partial charge is 0.399 e. The number of anilines is 2. The number of nitrogen functional groups attached to an aromatic ring is 2. The number of rotatable bonds is 4. The van der Waals surface area contributed by atoms with Gasteiger partial charge in [-0.15, -0.1) is 0 Å². The van der Waals surface area contributed by atoms with Crippen molar-refractivity contribution in [2.75, 3.05) is 38.1 Å². The molecule has 2 aromatic carbocycles. The second-order valence-corrected chi connectivity index (χ2v) is 9.60. The first kappa shape index (κ1) is 19.0. The summed E-state index contributed by atoms with van der Waals surface area (Å²) in [5.74, 6) is 0.788. The van der Waals surface area contributed by atoms with Crippen molar-refractivity contribution in [2.45, 2.75) is 50.6 Å². The molecule has 2 aliphatic carbocycles. The molecule has 0 saturated carbocycles. The van der Waals surface area contributed by atoms with Crippen molar-refractivity contribution >= 4 is 11.4 Å². The number of hydrogen-bond acceptors (Lipinski definition) is 4. The second-order valence-electron chi connectivity index (χ2n) is 9.60. The van der Waals surface area contributed by atoms with E-state index in [4.69, 9.17) is 11.5 Å². The van der Waals surface area contributed by atoms with Gasteiger partial charge in [-0.3, -0.25) is 4.90 Å². The summed E-state index contributed by atoms with van der Waals surface area (Å²) in [6.45, 7) is 3.71. The molecule has 4 heteroatoms. The molecule has 29 heavy (non-hydrogen) atoms. The highest BCUT2D eigenvalue weighted by Crippen LogP contribution is 2.31. The maximum atomic E-state index is 6.03. The lowest BCUT2D eigenvalue weighted by atomic mass is 9.87. The molecular weight excluding hydrogens is 356 g/mol. The summed E-state index contributed by atoms with van der Waals surface area (Å²) in [6, 6.07) is 14.3. The molecule has 4 N–H and O–H groups in total. The Kier molecular flexibility index (Phi) is 5.00. The normalized spacial score (nSPS) is 26.6. The van der Waals surface area contributed by atoms with E-state index in [-0.39, 0.29) is 0 Å². The van der Waals surface area contributed by atoms with Crippen LogP contribution in [-0.2, 0) is 25.7 Å². The van der Waals surface area contributed by atoms with Gasteiger partial charge in [0.2, 0.25) is 0 Å². The maximum absolute atomic E-state index is 6.03. The van der Waals surface area contributed by atoms with Crippen molar-refractivity contribution in [3.63, 3.8) is 0 Å². The molecule has 3 aliphatic rings. The smallest absolute Gasteiger partial charge is 0.0316 e. The van der Waals surface area contributed by atoms with Gasteiger partial charge in [0.15, 0.2) is 0 Å². The Morgan fingerprint density at radius 2 is 1.59 bits per heavy atom. The molecule has 3 atom stereocenters. The molecule has 154 valence electrons. The molecule has 0 spiro atoms. The van der Waals surface area contributed by atoms with Gasteiger partial charge in [-0.25, -0.2) is 0 Å². The zero-order chi connectivity index (χ0) is 20.0. The molecule has 0 amide bonds. The first-order chi connectivity index (χ1) is 14.0. The van der Waals surface area contributed by atoms with Crippen molar-refractivity contribution < 1.29 is 0 Å². The summed E-state index contributed by atoms with van der Waals surface area (Å²) < 4.78 is 0. The van der Waals surface area contributed by atoms with Crippen LogP contribution in [0.5, 0.6) is 0 Å². The lowest BCUT2D eigenvalue weighted by Crippen LogP contribution is -2.40. The van der Waals surface area contributed by atoms with E-state index in [1.165, 1.54) is 74.0 Å². The Morgan fingerprint density at radius 3 is 2.38 bits per heavy atom. The monoisotopic (exact) mass is 390 g/mol. The van der Waals surface area contributed by atoms with E-state index >= 15 is 0 Å². The third-order valence-corrected chi connectivity index (χ3v) is 7.58. The molecule has 4 nitrogen and oxygen atoms in total. The van der Waals surface area contributed by atoms with Gasteiger partial charge in [-0.05, 0) is 105 Å². The van der Waals surface area contributed by atoms with Gasteiger partial charge in [0.05, 0.1) is 0 Å². The molecule has 5 rings (SSSR count). The van der Waals surface area contributed by atoms with Crippen molar-refractivity contribution in [1.29, 1.82) is 0 Å². The molecule has 1 heterocycles. The van der Waals surface area contributed by atoms with Gasteiger partial charge in [-0.1, -0.05) is 12.1 Å². The predicted octanol–water partition coefficient (Wildman–Crippen LogP) is 3.13. The maximum Gasteiger partial charge on any atom is 0.0316 e. The molecule has 0 aromatic heterocycles. The Balaban J connectivity index is 1.16. The fourth-order valence-corrected chi connectivity index (χ4v) is 5.90. The highest BCUT2D eigenvalue weighted by molar-refractivity contribution is 5.47. The number of fused-ring (bicyclic) bond motifs is 2. The second kappa shape index (κ2) is 7.66. The zero-order valence-corrected chi connectivity index (χ0v) is 17.6. The molecular formula is C25H34N4. The van der Waals surface area contributed by atoms with Crippen LogP contribution < -0.4 is 11.5 Å². The zero-order valence-electron chi connectivity index (χ0n) is 17.6. The number of nitrogens with zero attached hydrogens (tertiary/aromatic N) is 2. The quantitative estimate of drug-likeness (QED) is 0.788. The molecule has 0 radical (unpaired) electrons. The van der Waals surface area contributed by atoms with Crippen LogP contribution in [0.1, 0.15) is 35.1 Å². The summed E-state index contributed by atoms with van der Waals surface area (Å²) in [6.07, 6.45) is 7.31. The van der Waals surface area contributed by atoms with Crippen LogP contribution in [0.3, 0.4) is 0 Å². The van der Waals surface area contributed by atoms with Gasteiger partial charge in [0.1, 0.15) is 0 Å². The van der Waals surface area contributed by atoms with Crippen LogP contribution in [0.4, 0.5) is 11.4 Å². The van der Waals surface area contributed by atoms with Gasteiger partial charge >= 0.3 is 0 Å². The number of benzene rings is 2.